The summed E-state index contributed by atoms with van der Waals surface area (Å²) in [6.07, 6.45) is -0.754. The van der Waals surface area contributed by atoms with Crippen molar-refractivity contribution in [1.29, 1.82) is 0 Å². The molecule has 0 fully saturated rings. The fraction of sp³-hybridized carbons (Fsp3) is 0.300. The lowest BCUT2D eigenvalue weighted by molar-refractivity contribution is -0.149. The van der Waals surface area contributed by atoms with Crippen LogP contribution >= 0.6 is 0 Å². The Bertz CT molecular complexity index is 408. The number of carbonyl (C=O) groups excluding carboxylic acids is 1. The topological polar surface area (TPSA) is 72.5 Å². The van der Waals surface area contributed by atoms with E-state index in [1.54, 1.807) is 37.3 Å². The summed E-state index contributed by atoms with van der Waals surface area (Å²) in [6.45, 7) is 1.64. The van der Waals surface area contributed by atoms with Gasteiger partial charge in [-0.25, -0.2) is 8.42 Å². The van der Waals surface area contributed by atoms with Gasteiger partial charge < -0.3 is 4.74 Å². The molecule has 1 aromatic carbocycles. The smallest absolute Gasteiger partial charge is 0.307 e. The Labute approximate surface area is 95.5 Å². The fourth-order valence-electron chi connectivity index (χ4n) is 1.11. The number of hydrogen-bond acceptors (Lipinski definition) is 4. The van der Waals surface area contributed by atoms with Crippen LogP contribution in [-0.2, 0) is 20.4 Å². The highest BCUT2D eigenvalue weighted by Gasteiger charge is 2.15. The molecule has 0 saturated carbocycles. The standard InChI is InChI=1S/C10H13NO4S/c1-2-9(12)15-10(11-16(13)14)8-6-4-3-5-7-8/h3-7,10,16H,2H2,1H3,(H,11,13,14). The molecule has 0 amide bonds. The van der Waals surface area contributed by atoms with Crippen LogP contribution in [-0.4, -0.2) is 14.4 Å². The summed E-state index contributed by atoms with van der Waals surface area (Å²) in [5.74, 6) is -0.460. The van der Waals surface area contributed by atoms with Crippen LogP contribution in [0.3, 0.4) is 0 Å². The zero-order valence-corrected chi connectivity index (χ0v) is 9.65. The molecule has 0 heterocycles. The number of ether oxygens (including phenoxy) is 1. The van der Waals surface area contributed by atoms with E-state index in [2.05, 4.69) is 4.72 Å². The fourth-order valence-corrected chi connectivity index (χ4v) is 1.50. The average Bonchev–Trinajstić information content (AvgIpc) is 2.28. The molecule has 1 unspecified atom stereocenters. The third-order valence-electron chi connectivity index (χ3n) is 1.86. The van der Waals surface area contributed by atoms with Crippen LogP contribution in [0.1, 0.15) is 25.1 Å². The van der Waals surface area contributed by atoms with E-state index in [0.717, 1.165) is 0 Å². The second-order valence-corrected chi connectivity index (χ2v) is 3.79. The zero-order chi connectivity index (χ0) is 12.0. The molecule has 1 rings (SSSR count). The number of rotatable bonds is 5. The maximum Gasteiger partial charge on any atom is 0.307 e. The maximum absolute atomic E-state index is 11.1. The Morgan fingerprint density at radius 3 is 2.50 bits per heavy atom. The van der Waals surface area contributed by atoms with Gasteiger partial charge in [-0.1, -0.05) is 37.3 Å². The van der Waals surface area contributed by atoms with E-state index in [0.29, 0.717) is 5.56 Å². The number of hydrogen-bond donors (Lipinski definition) is 2. The lowest BCUT2D eigenvalue weighted by Gasteiger charge is -2.15. The third-order valence-corrected chi connectivity index (χ3v) is 2.31. The van der Waals surface area contributed by atoms with Gasteiger partial charge in [-0.3, -0.25) is 4.79 Å². The third kappa shape index (κ3) is 4.00. The summed E-state index contributed by atoms with van der Waals surface area (Å²) >= 11 is 0. The van der Waals surface area contributed by atoms with Crippen LogP contribution in [0, 0.1) is 0 Å². The molecule has 0 spiro atoms. The number of benzene rings is 1. The minimum atomic E-state index is -2.83. The first-order valence-corrected chi connectivity index (χ1v) is 5.96. The first kappa shape index (κ1) is 12.7. The van der Waals surface area contributed by atoms with Gasteiger partial charge in [-0.2, -0.15) is 4.72 Å². The Morgan fingerprint density at radius 2 is 2.00 bits per heavy atom. The van der Waals surface area contributed by atoms with Crippen molar-refractivity contribution in [3.63, 3.8) is 0 Å². The van der Waals surface area contributed by atoms with Gasteiger partial charge in [0, 0.05) is 12.0 Å². The van der Waals surface area contributed by atoms with Gasteiger partial charge in [-0.15, -0.1) is 0 Å². The van der Waals surface area contributed by atoms with Gasteiger partial charge in [0.15, 0.2) is 6.23 Å². The molecule has 1 N–H and O–H groups in total. The molecule has 5 nitrogen and oxygen atoms in total. The second kappa shape index (κ2) is 6.24. The summed E-state index contributed by atoms with van der Waals surface area (Å²) in [5.41, 5.74) is 0.587. The van der Waals surface area contributed by atoms with Crippen LogP contribution in [0.5, 0.6) is 0 Å². The number of esters is 1. The summed E-state index contributed by atoms with van der Waals surface area (Å²) in [6, 6.07) is 8.63. The van der Waals surface area contributed by atoms with Gasteiger partial charge in [0.2, 0.25) is 10.9 Å². The molecule has 0 aromatic heterocycles. The maximum atomic E-state index is 11.1. The molecule has 0 radical (unpaired) electrons. The monoisotopic (exact) mass is 243 g/mol. The second-order valence-electron chi connectivity index (χ2n) is 3.02. The molecule has 1 atom stereocenters. The summed E-state index contributed by atoms with van der Waals surface area (Å²) in [5, 5.41) is 0. The normalized spacial score (nSPS) is 12.4. The van der Waals surface area contributed by atoms with Crippen molar-refractivity contribution in [2.24, 2.45) is 0 Å². The van der Waals surface area contributed by atoms with E-state index in [-0.39, 0.29) is 6.42 Å². The van der Waals surface area contributed by atoms with E-state index >= 15 is 0 Å². The zero-order valence-electron chi connectivity index (χ0n) is 8.75. The number of carbonyl (C=O) groups is 1. The Kier molecular flexibility index (Phi) is 4.94. The SMILES string of the molecule is CCC(=O)OC(N[SH](=O)=O)c1ccccc1. The van der Waals surface area contributed by atoms with Gasteiger partial charge in [0.05, 0.1) is 0 Å². The van der Waals surface area contributed by atoms with Crippen molar-refractivity contribution < 1.29 is 17.9 Å². The molecule has 16 heavy (non-hydrogen) atoms. The van der Waals surface area contributed by atoms with E-state index < -0.39 is 23.1 Å². The van der Waals surface area contributed by atoms with E-state index in [9.17, 15) is 13.2 Å². The first-order valence-electron chi connectivity index (χ1n) is 4.78. The summed E-state index contributed by atoms with van der Waals surface area (Å²) in [7, 11) is -2.83. The van der Waals surface area contributed by atoms with Crippen LogP contribution in [0.25, 0.3) is 0 Å². The Morgan fingerprint density at radius 1 is 1.38 bits per heavy atom. The lowest BCUT2D eigenvalue weighted by Crippen LogP contribution is -2.24. The predicted molar refractivity (Wildman–Crippen MR) is 59.0 cm³/mol. The van der Waals surface area contributed by atoms with Gasteiger partial charge >= 0.3 is 5.97 Å². The molecule has 6 heteroatoms. The molecule has 0 aliphatic heterocycles. The Balaban J connectivity index is 2.83. The Hall–Kier alpha value is -1.40. The first-order chi connectivity index (χ1) is 7.63. The molecule has 0 saturated heterocycles. The van der Waals surface area contributed by atoms with Crippen LogP contribution in [0.4, 0.5) is 0 Å². The summed E-state index contributed by atoms with van der Waals surface area (Å²) in [4.78, 5) is 11.1. The highest BCUT2D eigenvalue weighted by molar-refractivity contribution is 7.70. The molecule has 0 bridgehead atoms. The number of nitrogens with one attached hydrogen (secondary N) is 1. The highest BCUT2D eigenvalue weighted by Crippen LogP contribution is 2.14. The van der Waals surface area contributed by atoms with Crippen molar-refractivity contribution in [3.05, 3.63) is 35.9 Å². The van der Waals surface area contributed by atoms with E-state index in [1.165, 1.54) is 0 Å². The van der Waals surface area contributed by atoms with Crippen LogP contribution in [0.15, 0.2) is 30.3 Å². The molecule has 0 aliphatic rings. The minimum Gasteiger partial charge on any atom is -0.441 e. The van der Waals surface area contributed by atoms with Crippen LogP contribution in [0.2, 0.25) is 0 Å². The molecular formula is C10H13NO4S. The van der Waals surface area contributed by atoms with Crippen molar-refractivity contribution >= 4 is 16.9 Å². The average molecular weight is 243 g/mol. The highest BCUT2D eigenvalue weighted by atomic mass is 32.2. The van der Waals surface area contributed by atoms with Crippen molar-refractivity contribution in [2.75, 3.05) is 0 Å². The molecular weight excluding hydrogens is 230 g/mol. The number of thiol groups is 1. The van der Waals surface area contributed by atoms with E-state index in [1.807, 2.05) is 0 Å². The van der Waals surface area contributed by atoms with Gasteiger partial charge in [0.1, 0.15) is 0 Å². The van der Waals surface area contributed by atoms with Crippen molar-refractivity contribution in [1.82, 2.24) is 4.72 Å². The van der Waals surface area contributed by atoms with Gasteiger partial charge in [0.25, 0.3) is 0 Å². The quantitative estimate of drug-likeness (QED) is 0.455. The predicted octanol–water partition coefficient (Wildman–Crippen LogP) is 0.754. The minimum absolute atomic E-state index is 0.195. The molecule has 0 aliphatic carbocycles. The van der Waals surface area contributed by atoms with E-state index in [4.69, 9.17) is 4.74 Å². The van der Waals surface area contributed by atoms with Crippen molar-refractivity contribution in [2.45, 2.75) is 19.6 Å². The largest absolute Gasteiger partial charge is 0.441 e. The molecule has 88 valence electrons. The lowest BCUT2D eigenvalue weighted by atomic mass is 10.2. The van der Waals surface area contributed by atoms with Crippen molar-refractivity contribution in [3.8, 4) is 0 Å². The van der Waals surface area contributed by atoms with Gasteiger partial charge in [-0.05, 0) is 0 Å². The van der Waals surface area contributed by atoms with Crippen LogP contribution < -0.4 is 4.72 Å². The molecule has 1 aromatic rings. The summed E-state index contributed by atoms with van der Waals surface area (Å²) < 4.78 is 28.3.